The summed E-state index contributed by atoms with van der Waals surface area (Å²) in [4.78, 5) is 50.9. The quantitative estimate of drug-likeness (QED) is 0.438. The van der Waals surface area contributed by atoms with Gasteiger partial charge in [-0.25, -0.2) is 0 Å². The van der Waals surface area contributed by atoms with Gasteiger partial charge in [-0.05, 0) is 46.3 Å². The molecule has 1 fully saturated rings. The van der Waals surface area contributed by atoms with Crippen molar-refractivity contribution >= 4 is 74.5 Å². The van der Waals surface area contributed by atoms with Gasteiger partial charge in [-0.3, -0.25) is 24.5 Å². The molecule has 0 bridgehead atoms. The number of piperidine rings is 1. The lowest BCUT2D eigenvalue weighted by Gasteiger charge is -2.46. The zero-order chi connectivity index (χ0) is 27.6. The summed E-state index contributed by atoms with van der Waals surface area (Å²) < 4.78 is 29.4. The minimum atomic E-state index is -3.99. The summed E-state index contributed by atoms with van der Waals surface area (Å²) in [6, 6.07) is 8.23. The van der Waals surface area contributed by atoms with Crippen molar-refractivity contribution in [2.24, 2.45) is 0 Å². The number of alkyl halides is 2. The topological polar surface area (TPSA) is 95.6 Å². The van der Waals surface area contributed by atoms with Gasteiger partial charge in [-0.2, -0.15) is 8.78 Å². The summed E-state index contributed by atoms with van der Waals surface area (Å²) in [6.45, 7) is -0.249. The van der Waals surface area contributed by atoms with E-state index in [4.69, 9.17) is 50.8 Å². The van der Waals surface area contributed by atoms with Crippen LogP contribution in [0.25, 0.3) is 0 Å². The molecule has 0 aromatic heterocycles. The molecular weight excluding hydrogens is 498 g/mol. The first-order valence-electron chi connectivity index (χ1n) is 10.7. The van der Waals surface area contributed by atoms with Crippen LogP contribution in [0.15, 0.2) is 42.5 Å². The monoisotopic (exact) mass is 511 g/mol. The van der Waals surface area contributed by atoms with E-state index in [2.05, 4.69) is 0 Å². The van der Waals surface area contributed by atoms with E-state index in [1.165, 1.54) is 30.3 Å². The van der Waals surface area contributed by atoms with Crippen molar-refractivity contribution in [2.45, 2.75) is 34.9 Å². The van der Waals surface area contributed by atoms with E-state index < -0.39 is 57.5 Å². The van der Waals surface area contributed by atoms with Gasteiger partial charge in [0.1, 0.15) is 7.85 Å². The zero-order valence-corrected chi connectivity index (χ0v) is 19.8. The average Bonchev–Trinajstić information content (AvgIpc) is 3.14. The Labute approximate surface area is 222 Å². The Morgan fingerprint density at radius 3 is 2.22 bits per heavy atom. The number of carbonyl (C=O) groups excluding carboxylic acids is 4. The second-order valence-electron chi connectivity index (χ2n) is 9.09. The molecule has 2 aliphatic heterocycles. The molecule has 2 aromatic rings. The van der Waals surface area contributed by atoms with Gasteiger partial charge in [-0.15, -0.1) is 0 Å². The Bertz CT molecular complexity index is 1340. The molecule has 2 N–H and O–H groups in total. The number of hydrogen-bond donors (Lipinski definition) is 2. The molecule has 2 aliphatic rings. The molecule has 4 rings (SSSR count). The molecule has 15 heteroatoms. The predicted octanol–water partition coefficient (Wildman–Crippen LogP) is 0.0158. The molecule has 4 amide bonds. The molecular formula is C22H13B5ClF2N3O4. The van der Waals surface area contributed by atoms with Crippen LogP contribution in [-0.2, 0) is 32.2 Å². The lowest BCUT2D eigenvalue weighted by molar-refractivity contribution is -0.147. The van der Waals surface area contributed by atoms with Gasteiger partial charge in [0.25, 0.3) is 11.8 Å². The summed E-state index contributed by atoms with van der Waals surface area (Å²) >= 11 is 5.71. The summed E-state index contributed by atoms with van der Waals surface area (Å²) in [5, 5.41) is -0.231. The average molecular weight is 511 g/mol. The lowest BCUT2D eigenvalue weighted by Crippen LogP contribution is -2.67. The van der Waals surface area contributed by atoms with Crippen molar-refractivity contribution in [1.29, 1.82) is 0 Å². The Hall–Kier alpha value is -3.01. The van der Waals surface area contributed by atoms with E-state index in [1.807, 2.05) is 10.6 Å². The number of benzene rings is 2. The Balaban J connectivity index is 1.58. The zero-order valence-electron chi connectivity index (χ0n) is 19.1. The molecule has 0 spiro atoms. The largest absolute Gasteiger partial charge is 0.358 e. The van der Waals surface area contributed by atoms with Crippen molar-refractivity contribution in [1.82, 2.24) is 15.5 Å². The van der Waals surface area contributed by atoms with E-state index in [1.54, 1.807) is 0 Å². The van der Waals surface area contributed by atoms with Crippen LogP contribution in [0.3, 0.4) is 0 Å². The van der Waals surface area contributed by atoms with E-state index in [0.29, 0.717) is 0 Å². The van der Waals surface area contributed by atoms with Crippen molar-refractivity contribution in [2.75, 3.05) is 0 Å². The third-order valence-corrected chi connectivity index (χ3v) is 6.54. The van der Waals surface area contributed by atoms with Crippen molar-refractivity contribution < 1.29 is 28.0 Å². The van der Waals surface area contributed by atoms with Crippen molar-refractivity contribution in [3.8, 4) is 0 Å². The highest BCUT2D eigenvalue weighted by atomic mass is 35.5. The number of halogens is 3. The Morgan fingerprint density at radius 1 is 1.00 bits per heavy atom. The number of hydrogen-bond acceptors (Lipinski definition) is 4. The summed E-state index contributed by atoms with van der Waals surface area (Å²) in [5.41, 5.74) is -2.34. The number of fused-ring (bicyclic) bond motifs is 1. The molecule has 7 nitrogen and oxygen atoms in total. The van der Waals surface area contributed by atoms with Crippen LogP contribution in [0.1, 0.15) is 33.5 Å². The van der Waals surface area contributed by atoms with Crippen molar-refractivity contribution in [3.05, 3.63) is 69.7 Å². The molecule has 2 heterocycles. The third kappa shape index (κ3) is 4.60. The summed E-state index contributed by atoms with van der Waals surface area (Å²) in [5.74, 6) is -8.37. The molecule has 176 valence electrons. The number of rotatable bonds is 5. The molecule has 0 aliphatic carbocycles. The third-order valence-electron chi connectivity index (χ3n) is 6.29. The Morgan fingerprint density at radius 2 is 1.59 bits per heavy atom. The van der Waals surface area contributed by atoms with E-state index in [0.717, 1.165) is 17.0 Å². The van der Waals surface area contributed by atoms with E-state index in [9.17, 15) is 28.0 Å². The lowest BCUT2D eigenvalue weighted by atomic mass is 9.45. The van der Waals surface area contributed by atoms with Gasteiger partial charge in [0.2, 0.25) is 11.8 Å². The fourth-order valence-electron chi connectivity index (χ4n) is 4.18. The van der Waals surface area contributed by atoms with Crippen LogP contribution in [-0.4, -0.2) is 73.2 Å². The predicted molar refractivity (Wildman–Crippen MR) is 133 cm³/mol. The van der Waals surface area contributed by atoms with Crippen molar-refractivity contribution in [3.63, 3.8) is 0 Å². The van der Waals surface area contributed by atoms with E-state index >= 15 is 0 Å². The SMILES string of the molecule is [B]C1([B])C[C@]([B])(N2Cc3cc(C([B])([B])NC(=O)C(F)(F)c4ccc(Cl)cc4)ccc3C2=O)C(=O)NC1=O. The molecule has 1 atom stereocenters. The first kappa shape index (κ1) is 27.0. The van der Waals surface area contributed by atoms with Gasteiger partial charge < -0.3 is 10.2 Å². The van der Waals surface area contributed by atoms with Gasteiger partial charge in [0.05, 0.1) is 36.8 Å². The van der Waals surface area contributed by atoms with Crippen LogP contribution < -0.4 is 10.6 Å². The van der Waals surface area contributed by atoms with Crippen LogP contribution in [0.4, 0.5) is 8.78 Å². The minimum Gasteiger partial charge on any atom is -0.358 e. The maximum Gasteiger partial charge on any atom is 0.349 e. The first-order chi connectivity index (χ1) is 17.0. The fraction of sp³-hybridized carbons (Fsp3) is 0.273. The highest BCUT2D eigenvalue weighted by molar-refractivity contribution is 6.53. The highest BCUT2D eigenvalue weighted by Gasteiger charge is 2.53. The molecule has 2 aromatic carbocycles. The van der Waals surface area contributed by atoms with Crippen LogP contribution in [0, 0.1) is 0 Å². The number of carbonyl (C=O) groups is 4. The van der Waals surface area contributed by atoms with Crippen LogP contribution in [0.5, 0.6) is 0 Å². The van der Waals surface area contributed by atoms with Gasteiger partial charge in [-0.1, -0.05) is 35.9 Å². The first-order valence-corrected chi connectivity index (χ1v) is 11.1. The number of imide groups is 1. The number of nitrogens with one attached hydrogen (secondary N) is 2. The van der Waals surface area contributed by atoms with Crippen LogP contribution >= 0.6 is 11.6 Å². The summed E-state index contributed by atoms with van der Waals surface area (Å²) in [7, 11) is 29.6. The molecule has 0 saturated carbocycles. The standard InChI is InChI=1S/C22H13B5ClF2N3O4/c23-19(24)9-20(25,17(36)31-16(19)35)33-8-10-7-12(3-6-14(10)15(33)34)22(26,27)32-18(37)21(29,30)11-1-4-13(28)5-2-11/h1-7H,8-9H2,(H,32,37)(H,31,35,36)/t20-/m0/s1. The molecule has 0 unspecified atom stereocenters. The maximum absolute atomic E-state index is 14.7. The van der Waals surface area contributed by atoms with Crippen LogP contribution in [0.2, 0.25) is 10.2 Å². The normalized spacial score (nSPS) is 21.4. The smallest absolute Gasteiger partial charge is 0.349 e. The van der Waals surface area contributed by atoms with Gasteiger partial charge in [0, 0.05) is 22.7 Å². The fourth-order valence-corrected chi connectivity index (χ4v) is 4.31. The second-order valence-corrected chi connectivity index (χ2v) is 9.53. The minimum absolute atomic E-state index is 0.0255. The van der Waals surface area contributed by atoms with E-state index in [-0.39, 0.29) is 28.3 Å². The summed E-state index contributed by atoms with van der Waals surface area (Å²) in [6.07, 6.45) is -0.565. The Kier molecular flexibility index (Phi) is 6.42. The molecule has 37 heavy (non-hydrogen) atoms. The highest BCUT2D eigenvalue weighted by Crippen LogP contribution is 2.40. The molecule has 1 saturated heterocycles. The number of nitrogens with zero attached hydrogens (tertiary/aromatic N) is 1. The van der Waals surface area contributed by atoms with Gasteiger partial charge >= 0.3 is 5.92 Å². The van der Waals surface area contributed by atoms with Gasteiger partial charge in [0.15, 0.2) is 0 Å². The number of amides is 4. The maximum atomic E-state index is 14.7. The molecule has 10 radical (unpaired) electrons. The second kappa shape index (κ2) is 8.79.